The second kappa shape index (κ2) is 6.31. The average Bonchev–Trinajstić information content (AvgIpc) is 2.37. The van der Waals surface area contributed by atoms with E-state index in [1.54, 1.807) is 6.07 Å². The van der Waals surface area contributed by atoms with E-state index in [9.17, 15) is 0 Å². The molecule has 88 valence electrons. The molecular weight excluding hydrogens is 216 g/mol. The quantitative estimate of drug-likeness (QED) is 0.803. The van der Waals surface area contributed by atoms with Crippen LogP contribution in [0.2, 0.25) is 0 Å². The Morgan fingerprint density at radius 1 is 1.31 bits per heavy atom. The zero-order chi connectivity index (χ0) is 12.1. The Morgan fingerprint density at radius 3 is 2.88 bits per heavy atom. The van der Waals surface area contributed by atoms with Gasteiger partial charge in [0, 0.05) is 10.6 Å². The van der Waals surface area contributed by atoms with Gasteiger partial charge in [0.15, 0.2) is 0 Å². The molecule has 0 aromatic heterocycles. The first-order valence-corrected chi connectivity index (χ1v) is 7.10. The van der Waals surface area contributed by atoms with Gasteiger partial charge in [-0.05, 0) is 36.5 Å². The maximum atomic E-state index is 9.11. The van der Waals surface area contributed by atoms with Crippen LogP contribution in [-0.4, -0.2) is 10.9 Å². The van der Waals surface area contributed by atoms with E-state index < -0.39 is 0 Å². The van der Waals surface area contributed by atoms with Crippen molar-refractivity contribution >= 4 is 11.8 Å². The van der Waals surface area contributed by atoms with Crippen LogP contribution < -0.4 is 0 Å². The second-order valence-corrected chi connectivity index (χ2v) is 5.64. The molecule has 0 heterocycles. The van der Waals surface area contributed by atoms with Crippen LogP contribution in [0.1, 0.15) is 39.0 Å². The van der Waals surface area contributed by atoms with Crippen LogP contribution in [0.3, 0.4) is 0 Å². The van der Waals surface area contributed by atoms with Crippen LogP contribution in [-0.2, 0) is 6.61 Å². The van der Waals surface area contributed by atoms with E-state index in [4.69, 9.17) is 6.48 Å². The van der Waals surface area contributed by atoms with Crippen LogP contribution in [0.15, 0.2) is 29.1 Å². The van der Waals surface area contributed by atoms with Crippen molar-refractivity contribution in [2.24, 2.45) is 5.92 Å². The zero-order valence-corrected chi connectivity index (χ0v) is 10.4. The van der Waals surface area contributed by atoms with Crippen LogP contribution in [0.4, 0.5) is 0 Å². The minimum absolute atomic E-state index is 0.0315. The molecule has 0 saturated heterocycles. The molecule has 0 aliphatic heterocycles. The molecule has 1 N–H and O–H groups in total. The SMILES string of the molecule is [2H]c1cc(CO)cc(SCC2CCCCC2)c1. The van der Waals surface area contributed by atoms with Crippen molar-refractivity contribution in [1.29, 1.82) is 0 Å². The van der Waals surface area contributed by atoms with Gasteiger partial charge in [0.1, 0.15) is 0 Å². The number of thioether (sulfide) groups is 1. The first-order chi connectivity index (χ1) is 8.28. The molecule has 1 aliphatic rings. The fourth-order valence-corrected chi connectivity index (χ4v) is 3.39. The minimum atomic E-state index is 0.0315. The van der Waals surface area contributed by atoms with Crippen molar-refractivity contribution in [3.63, 3.8) is 0 Å². The van der Waals surface area contributed by atoms with E-state index in [2.05, 4.69) is 0 Å². The summed E-state index contributed by atoms with van der Waals surface area (Å²) in [6, 6.07) is 6.13. The van der Waals surface area contributed by atoms with Crippen molar-refractivity contribution in [3.8, 4) is 0 Å². The van der Waals surface area contributed by atoms with Crippen molar-refractivity contribution in [2.75, 3.05) is 5.75 Å². The maximum absolute atomic E-state index is 9.11. The third-order valence-electron chi connectivity index (χ3n) is 3.21. The van der Waals surface area contributed by atoms with Crippen molar-refractivity contribution in [1.82, 2.24) is 0 Å². The van der Waals surface area contributed by atoms with Gasteiger partial charge in [0.05, 0.1) is 7.98 Å². The summed E-state index contributed by atoms with van der Waals surface area (Å²) < 4.78 is 7.68. The third-order valence-corrected chi connectivity index (χ3v) is 4.42. The smallest absolute Gasteiger partial charge is 0.0682 e. The van der Waals surface area contributed by atoms with Crippen LogP contribution in [0.5, 0.6) is 0 Å². The van der Waals surface area contributed by atoms with Gasteiger partial charge < -0.3 is 5.11 Å². The molecule has 1 aromatic carbocycles. The monoisotopic (exact) mass is 237 g/mol. The van der Waals surface area contributed by atoms with Gasteiger partial charge in [0.2, 0.25) is 0 Å². The molecule has 0 spiro atoms. The molecule has 0 atom stereocenters. The van der Waals surface area contributed by atoms with Gasteiger partial charge in [0.25, 0.3) is 0 Å². The molecule has 1 fully saturated rings. The molecule has 2 heteroatoms. The number of aliphatic hydroxyl groups is 1. The summed E-state index contributed by atoms with van der Waals surface area (Å²) in [5, 5.41) is 9.11. The van der Waals surface area contributed by atoms with Gasteiger partial charge in [-0.2, -0.15) is 0 Å². The molecule has 1 aromatic rings. The molecule has 0 amide bonds. The summed E-state index contributed by atoms with van der Waals surface area (Å²) in [5.41, 5.74) is 0.851. The summed E-state index contributed by atoms with van der Waals surface area (Å²) in [5.74, 6) is 2.01. The van der Waals surface area contributed by atoms with E-state index in [1.807, 2.05) is 23.9 Å². The van der Waals surface area contributed by atoms with E-state index >= 15 is 0 Å². The van der Waals surface area contributed by atoms with Gasteiger partial charge in [-0.25, -0.2) is 0 Å². The summed E-state index contributed by atoms with van der Waals surface area (Å²) in [6.45, 7) is 0.0315. The summed E-state index contributed by atoms with van der Waals surface area (Å²) in [6.07, 6.45) is 6.88. The fourth-order valence-electron chi connectivity index (χ4n) is 2.24. The minimum Gasteiger partial charge on any atom is -0.392 e. The van der Waals surface area contributed by atoms with Crippen LogP contribution >= 0.6 is 11.8 Å². The highest BCUT2D eigenvalue weighted by atomic mass is 32.2. The van der Waals surface area contributed by atoms with Crippen molar-refractivity contribution < 1.29 is 6.48 Å². The number of benzene rings is 1. The Balaban J connectivity index is 1.91. The number of hydrogen-bond donors (Lipinski definition) is 1. The Kier molecular flexibility index (Phi) is 4.21. The Bertz CT molecular complexity index is 361. The molecule has 2 rings (SSSR count). The molecule has 1 aliphatic carbocycles. The highest BCUT2D eigenvalue weighted by Crippen LogP contribution is 2.30. The highest BCUT2D eigenvalue weighted by molar-refractivity contribution is 7.99. The van der Waals surface area contributed by atoms with E-state index in [0.717, 1.165) is 22.1 Å². The lowest BCUT2D eigenvalue weighted by Gasteiger charge is -2.20. The standard InChI is InChI=1S/C14H20OS/c15-10-13-7-4-8-14(9-13)16-11-12-5-2-1-3-6-12/h4,7-9,12,15H,1-3,5-6,10-11H2/i4D. The van der Waals surface area contributed by atoms with Crippen molar-refractivity contribution in [2.45, 2.75) is 43.6 Å². The normalized spacial score (nSPS) is 18.4. The Labute approximate surface area is 104 Å². The largest absolute Gasteiger partial charge is 0.392 e. The fraction of sp³-hybridized carbons (Fsp3) is 0.571. The lowest BCUT2D eigenvalue weighted by molar-refractivity contribution is 0.281. The van der Waals surface area contributed by atoms with Gasteiger partial charge >= 0.3 is 0 Å². The first kappa shape index (κ1) is 10.7. The second-order valence-electron chi connectivity index (χ2n) is 4.55. The van der Waals surface area contributed by atoms with Gasteiger partial charge in [-0.1, -0.05) is 31.4 Å². The van der Waals surface area contributed by atoms with E-state index in [1.165, 1.54) is 32.1 Å². The number of rotatable bonds is 4. The molecule has 1 saturated carbocycles. The topological polar surface area (TPSA) is 20.2 Å². The summed E-state index contributed by atoms with van der Waals surface area (Å²) in [4.78, 5) is 1.13. The van der Waals surface area contributed by atoms with Gasteiger partial charge in [-0.15, -0.1) is 11.8 Å². The predicted octanol–water partition coefficient (Wildman–Crippen LogP) is 3.85. The molecule has 0 unspecified atom stereocenters. The van der Waals surface area contributed by atoms with Gasteiger partial charge in [-0.3, -0.25) is 0 Å². The number of hydrogen-bond acceptors (Lipinski definition) is 2. The summed E-state index contributed by atoms with van der Waals surface area (Å²) in [7, 11) is 0. The van der Waals surface area contributed by atoms with Crippen LogP contribution in [0, 0.1) is 5.92 Å². The lowest BCUT2D eigenvalue weighted by Crippen LogP contribution is -2.08. The molecule has 0 radical (unpaired) electrons. The lowest BCUT2D eigenvalue weighted by atomic mass is 9.91. The van der Waals surface area contributed by atoms with E-state index in [0.29, 0.717) is 6.04 Å². The molecular formula is C14H20OS. The average molecular weight is 237 g/mol. The first-order valence-electron chi connectivity index (χ1n) is 6.62. The Morgan fingerprint density at radius 2 is 2.12 bits per heavy atom. The molecule has 1 nitrogen and oxygen atoms in total. The third kappa shape index (κ3) is 3.53. The molecule has 16 heavy (non-hydrogen) atoms. The van der Waals surface area contributed by atoms with Crippen molar-refractivity contribution in [3.05, 3.63) is 29.8 Å². The highest BCUT2D eigenvalue weighted by Gasteiger charge is 2.13. The predicted molar refractivity (Wildman–Crippen MR) is 69.7 cm³/mol. The maximum Gasteiger partial charge on any atom is 0.0682 e. The zero-order valence-electron chi connectivity index (χ0n) is 10.6. The number of aliphatic hydroxyl groups excluding tert-OH is 1. The van der Waals surface area contributed by atoms with Crippen LogP contribution in [0.25, 0.3) is 0 Å². The molecule has 0 bridgehead atoms. The summed E-state index contributed by atoms with van der Waals surface area (Å²) >= 11 is 1.84. The van der Waals surface area contributed by atoms with E-state index in [-0.39, 0.29) is 6.61 Å². The Hall–Kier alpha value is -0.470.